The van der Waals surface area contributed by atoms with Crippen molar-refractivity contribution in [2.75, 3.05) is 6.61 Å². The summed E-state index contributed by atoms with van der Waals surface area (Å²) in [5, 5.41) is 28.6. The summed E-state index contributed by atoms with van der Waals surface area (Å²) in [5.41, 5.74) is -0.380. The molecule has 3 heterocycles. The normalized spacial score (nSPS) is 23.5. The maximum Gasteiger partial charge on any atom is 0.330 e. The second-order valence-corrected chi connectivity index (χ2v) is 8.16. The lowest BCUT2D eigenvalue weighted by Crippen LogP contribution is -2.36. The molecule has 2 aromatic rings. The SMILES string of the molecule is CCCCCCCCCCc1cn([C@@H]2[C@H](O)[C@@H](CO)O[C@H]2n2ccc(=O)[nH]c2=O)nn1. The first-order valence-electron chi connectivity index (χ1n) is 11.2. The van der Waals surface area contributed by atoms with Gasteiger partial charge in [0.05, 0.1) is 12.3 Å². The largest absolute Gasteiger partial charge is 0.394 e. The molecule has 0 saturated carbocycles. The highest BCUT2D eigenvalue weighted by molar-refractivity contribution is 5.00. The smallest absolute Gasteiger partial charge is 0.330 e. The monoisotopic (exact) mass is 435 g/mol. The van der Waals surface area contributed by atoms with Crippen LogP contribution in [-0.2, 0) is 11.2 Å². The molecular weight excluding hydrogens is 402 g/mol. The molecule has 3 rings (SSSR count). The topological polar surface area (TPSA) is 135 Å². The first-order chi connectivity index (χ1) is 15.0. The molecule has 10 heteroatoms. The highest BCUT2D eigenvalue weighted by atomic mass is 16.5. The fraction of sp³-hybridized carbons (Fsp3) is 0.714. The van der Waals surface area contributed by atoms with Crippen LogP contribution in [-0.4, -0.2) is 53.6 Å². The van der Waals surface area contributed by atoms with Crippen molar-refractivity contribution < 1.29 is 14.9 Å². The molecule has 31 heavy (non-hydrogen) atoms. The van der Waals surface area contributed by atoms with Crippen LogP contribution in [0.4, 0.5) is 0 Å². The van der Waals surface area contributed by atoms with Gasteiger partial charge in [0, 0.05) is 18.5 Å². The number of nitrogens with one attached hydrogen (secondary N) is 1. The Morgan fingerprint density at radius 2 is 1.84 bits per heavy atom. The van der Waals surface area contributed by atoms with Gasteiger partial charge in [0.25, 0.3) is 5.56 Å². The van der Waals surface area contributed by atoms with E-state index in [2.05, 4.69) is 22.2 Å². The number of hydrogen-bond acceptors (Lipinski definition) is 7. The number of hydrogen-bond donors (Lipinski definition) is 3. The van der Waals surface area contributed by atoms with Crippen molar-refractivity contribution in [2.45, 2.75) is 89.2 Å². The van der Waals surface area contributed by atoms with Crippen LogP contribution in [0, 0.1) is 0 Å². The molecule has 10 nitrogen and oxygen atoms in total. The number of unbranched alkanes of at least 4 members (excludes halogenated alkanes) is 7. The van der Waals surface area contributed by atoms with Crippen LogP contribution >= 0.6 is 0 Å². The van der Waals surface area contributed by atoms with E-state index in [0.717, 1.165) is 25.0 Å². The fourth-order valence-corrected chi connectivity index (χ4v) is 4.04. The van der Waals surface area contributed by atoms with Crippen molar-refractivity contribution in [1.82, 2.24) is 24.5 Å². The summed E-state index contributed by atoms with van der Waals surface area (Å²) in [5.74, 6) is 0. The maximum atomic E-state index is 12.2. The highest BCUT2D eigenvalue weighted by Crippen LogP contribution is 2.37. The number of aliphatic hydroxyl groups excluding tert-OH is 2. The molecular formula is C21H33N5O5. The Balaban J connectivity index is 1.62. The van der Waals surface area contributed by atoms with Gasteiger partial charge in [-0.25, -0.2) is 9.48 Å². The summed E-state index contributed by atoms with van der Waals surface area (Å²) in [7, 11) is 0. The van der Waals surface area contributed by atoms with E-state index in [1.165, 1.54) is 60.0 Å². The Hall–Kier alpha value is -2.30. The summed E-state index contributed by atoms with van der Waals surface area (Å²) in [4.78, 5) is 25.8. The highest BCUT2D eigenvalue weighted by Gasteiger charge is 2.46. The Bertz CT molecular complexity index is 923. The van der Waals surface area contributed by atoms with Crippen molar-refractivity contribution in [3.63, 3.8) is 0 Å². The molecule has 1 fully saturated rings. The summed E-state index contributed by atoms with van der Waals surface area (Å²) < 4.78 is 8.39. The summed E-state index contributed by atoms with van der Waals surface area (Å²) in [6.07, 6.45) is 10.7. The number of aromatic nitrogens is 5. The standard InChI is InChI=1S/C21H33N5O5/c1-2-3-4-5-6-7-8-9-10-15-13-26(24-23-15)18-19(29)16(14-27)31-20(18)25-12-11-17(28)22-21(25)30/h11-13,16,18-20,27,29H,2-10,14H2,1H3,(H,22,28,30)/t16-,18-,19-,20-/m1/s1. The molecule has 0 bridgehead atoms. The molecule has 0 unspecified atom stereocenters. The number of rotatable bonds is 12. The lowest BCUT2D eigenvalue weighted by molar-refractivity contribution is -0.0479. The van der Waals surface area contributed by atoms with Crippen molar-refractivity contribution in [3.8, 4) is 0 Å². The summed E-state index contributed by atoms with van der Waals surface area (Å²) in [6.45, 7) is 1.81. The van der Waals surface area contributed by atoms with Crippen LogP contribution in [0.1, 0.15) is 76.3 Å². The summed E-state index contributed by atoms with van der Waals surface area (Å²) >= 11 is 0. The van der Waals surface area contributed by atoms with E-state index in [1.807, 2.05) is 0 Å². The van der Waals surface area contributed by atoms with E-state index in [-0.39, 0.29) is 0 Å². The van der Waals surface area contributed by atoms with Crippen LogP contribution in [0.25, 0.3) is 0 Å². The number of nitrogens with zero attached hydrogens (tertiary/aromatic N) is 4. The van der Waals surface area contributed by atoms with Crippen LogP contribution in [0.15, 0.2) is 28.0 Å². The maximum absolute atomic E-state index is 12.2. The van der Waals surface area contributed by atoms with Crippen LogP contribution < -0.4 is 11.2 Å². The van der Waals surface area contributed by atoms with Gasteiger partial charge in [-0.15, -0.1) is 5.10 Å². The predicted octanol–water partition coefficient (Wildman–Crippen LogP) is 1.30. The van der Waals surface area contributed by atoms with E-state index >= 15 is 0 Å². The molecule has 1 aliphatic rings. The van der Waals surface area contributed by atoms with E-state index in [1.54, 1.807) is 6.20 Å². The summed E-state index contributed by atoms with van der Waals surface area (Å²) in [6, 6.07) is 0.441. The molecule has 0 spiro atoms. The van der Waals surface area contributed by atoms with Gasteiger partial charge in [-0.05, 0) is 12.8 Å². The Morgan fingerprint density at radius 1 is 1.13 bits per heavy atom. The number of aryl methyl sites for hydroxylation is 1. The van der Waals surface area contributed by atoms with Gasteiger partial charge in [-0.3, -0.25) is 14.3 Å². The average molecular weight is 436 g/mol. The van der Waals surface area contributed by atoms with Crippen LogP contribution in [0.2, 0.25) is 0 Å². The van der Waals surface area contributed by atoms with Crippen molar-refractivity contribution in [2.24, 2.45) is 0 Å². The Kier molecular flexibility index (Phi) is 8.56. The first-order valence-corrected chi connectivity index (χ1v) is 11.2. The average Bonchev–Trinajstić information content (AvgIpc) is 3.34. The minimum absolute atomic E-state index is 0.411. The minimum atomic E-state index is -1.09. The molecule has 1 aliphatic heterocycles. The Morgan fingerprint density at radius 3 is 2.52 bits per heavy atom. The van der Waals surface area contributed by atoms with Crippen LogP contribution in [0.3, 0.4) is 0 Å². The van der Waals surface area contributed by atoms with Crippen molar-refractivity contribution >= 4 is 0 Å². The fourth-order valence-electron chi connectivity index (χ4n) is 4.04. The molecule has 3 N–H and O–H groups in total. The third kappa shape index (κ3) is 5.90. The third-order valence-corrected chi connectivity index (χ3v) is 5.79. The lowest BCUT2D eigenvalue weighted by atomic mass is 10.1. The van der Waals surface area contributed by atoms with Gasteiger partial charge < -0.3 is 14.9 Å². The quantitative estimate of drug-likeness (QED) is 0.428. The zero-order valence-corrected chi connectivity index (χ0v) is 18.0. The molecule has 0 aromatic carbocycles. The second-order valence-electron chi connectivity index (χ2n) is 8.16. The van der Waals surface area contributed by atoms with Gasteiger partial charge >= 0.3 is 5.69 Å². The number of H-pyrrole nitrogens is 1. The minimum Gasteiger partial charge on any atom is -0.394 e. The van der Waals surface area contributed by atoms with E-state index < -0.39 is 42.3 Å². The molecule has 172 valence electrons. The first kappa shape index (κ1) is 23.4. The number of aromatic amines is 1. The van der Waals surface area contributed by atoms with Gasteiger partial charge in [0.1, 0.15) is 18.2 Å². The van der Waals surface area contributed by atoms with E-state index in [9.17, 15) is 19.8 Å². The molecule has 1 saturated heterocycles. The number of ether oxygens (including phenoxy) is 1. The molecule has 4 atom stereocenters. The van der Waals surface area contributed by atoms with Gasteiger partial charge in [-0.1, -0.05) is 57.1 Å². The number of aliphatic hydroxyl groups is 2. The van der Waals surface area contributed by atoms with Crippen LogP contribution in [0.5, 0.6) is 0 Å². The lowest BCUT2D eigenvalue weighted by Gasteiger charge is -2.21. The van der Waals surface area contributed by atoms with Crippen molar-refractivity contribution in [3.05, 3.63) is 45.0 Å². The zero-order chi connectivity index (χ0) is 22.2. The van der Waals surface area contributed by atoms with E-state index in [4.69, 9.17) is 4.74 Å². The zero-order valence-electron chi connectivity index (χ0n) is 18.0. The molecule has 0 aliphatic carbocycles. The Labute approximate surface area is 180 Å². The van der Waals surface area contributed by atoms with Gasteiger partial charge in [0.15, 0.2) is 6.23 Å². The van der Waals surface area contributed by atoms with E-state index in [0.29, 0.717) is 0 Å². The second kappa shape index (κ2) is 11.4. The molecule has 0 radical (unpaired) electrons. The van der Waals surface area contributed by atoms with Crippen molar-refractivity contribution in [1.29, 1.82) is 0 Å². The predicted molar refractivity (Wildman–Crippen MR) is 114 cm³/mol. The van der Waals surface area contributed by atoms with Gasteiger partial charge in [-0.2, -0.15) is 0 Å². The third-order valence-electron chi connectivity index (χ3n) is 5.79. The molecule has 0 amide bonds. The van der Waals surface area contributed by atoms with Gasteiger partial charge in [0.2, 0.25) is 0 Å². The molecule has 2 aromatic heterocycles.